The number of aromatic nitrogens is 3. The predicted octanol–water partition coefficient (Wildman–Crippen LogP) is 2.37. The molecular weight excluding hydrogens is 258 g/mol. The molecule has 2 heterocycles. The lowest BCUT2D eigenvalue weighted by molar-refractivity contribution is -0.384. The van der Waals surface area contributed by atoms with E-state index in [1.807, 2.05) is 12.1 Å². The standard InChI is InChI=1S/C13H15N5O2/c19-18(20)13-8-10(11-9-14-16-15-11)4-5-12(13)17-6-2-1-3-7-17/h4-5,8-9H,1-3,6-7H2,(H,14,15,16). The Morgan fingerprint density at radius 3 is 2.70 bits per heavy atom. The van der Waals surface area contributed by atoms with Crippen LogP contribution >= 0.6 is 0 Å². The van der Waals surface area contributed by atoms with Crippen molar-refractivity contribution in [3.63, 3.8) is 0 Å². The van der Waals surface area contributed by atoms with Gasteiger partial charge in [-0.1, -0.05) is 11.3 Å². The number of nitro benzene ring substituents is 1. The van der Waals surface area contributed by atoms with Gasteiger partial charge >= 0.3 is 0 Å². The maximum atomic E-state index is 11.3. The summed E-state index contributed by atoms with van der Waals surface area (Å²) in [5, 5.41) is 21.5. The highest BCUT2D eigenvalue weighted by atomic mass is 16.6. The first-order chi connectivity index (χ1) is 9.75. The summed E-state index contributed by atoms with van der Waals surface area (Å²) in [5.41, 5.74) is 2.14. The molecule has 1 aliphatic rings. The third kappa shape index (κ3) is 2.34. The van der Waals surface area contributed by atoms with Gasteiger partial charge in [-0.05, 0) is 25.3 Å². The number of aromatic amines is 1. The summed E-state index contributed by atoms with van der Waals surface area (Å²) in [6.45, 7) is 1.76. The first-order valence-corrected chi connectivity index (χ1v) is 6.66. The van der Waals surface area contributed by atoms with Crippen molar-refractivity contribution in [2.45, 2.75) is 19.3 Å². The molecule has 0 unspecified atom stereocenters. The number of hydrogen-bond donors (Lipinski definition) is 1. The third-order valence-corrected chi connectivity index (χ3v) is 3.58. The van der Waals surface area contributed by atoms with Gasteiger partial charge in [-0.15, -0.1) is 5.10 Å². The van der Waals surface area contributed by atoms with Crippen molar-refractivity contribution in [1.29, 1.82) is 0 Å². The zero-order chi connectivity index (χ0) is 13.9. The average Bonchev–Trinajstić information content (AvgIpc) is 3.02. The lowest BCUT2D eigenvalue weighted by Crippen LogP contribution is -2.29. The minimum atomic E-state index is -0.326. The largest absolute Gasteiger partial charge is 0.366 e. The Morgan fingerprint density at radius 1 is 1.25 bits per heavy atom. The lowest BCUT2D eigenvalue weighted by atomic mass is 10.1. The maximum Gasteiger partial charge on any atom is 0.293 e. The second kappa shape index (κ2) is 5.28. The Kier molecular flexibility index (Phi) is 3.32. The van der Waals surface area contributed by atoms with Crippen molar-refractivity contribution >= 4 is 11.4 Å². The number of H-pyrrole nitrogens is 1. The van der Waals surface area contributed by atoms with Crippen LogP contribution in [-0.4, -0.2) is 33.4 Å². The normalized spacial score (nSPS) is 15.3. The highest BCUT2D eigenvalue weighted by Gasteiger charge is 2.22. The SMILES string of the molecule is O=[N+]([O-])c1cc(-c2c[nH]nn2)ccc1N1CCCCC1. The number of nitrogens with zero attached hydrogens (tertiary/aromatic N) is 4. The van der Waals surface area contributed by atoms with Crippen LogP contribution in [0.4, 0.5) is 11.4 Å². The number of nitro groups is 1. The first-order valence-electron chi connectivity index (χ1n) is 6.66. The third-order valence-electron chi connectivity index (χ3n) is 3.58. The Balaban J connectivity index is 2.00. The fourth-order valence-electron chi connectivity index (χ4n) is 2.57. The summed E-state index contributed by atoms with van der Waals surface area (Å²) in [4.78, 5) is 13.1. The van der Waals surface area contributed by atoms with Crippen LogP contribution in [0.25, 0.3) is 11.3 Å². The molecule has 3 rings (SSSR count). The van der Waals surface area contributed by atoms with Gasteiger partial charge in [0.05, 0.1) is 4.92 Å². The van der Waals surface area contributed by atoms with Crippen LogP contribution in [0.2, 0.25) is 0 Å². The summed E-state index contributed by atoms with van der Waals surface area (Å²) in [5.74, 6) is 0. The van der Waals surface area contributed by atoms with E-state index in [1.165, 1.54) is 6.42 Å². The lowest BCUT2D eigenvalue weighted by Gasteiger charge is -2.28. The topological polar surface area (TPSA) is 87.9 Å². The summed E-state index contributed by atoms with van der Waals surface area (Å²) in [7, 11) is 0. The quantitative estimate of drug-likeness (QED) is 0.685. The van der Waals surface area contributed by atoms with Crippen LogP contribution < -0.4 is 4.90 Å². The Hall–Kier alpha value is -2.44. The van der Waals surface area contributed by atoms with Crippen molar-refractivity contribution in [3.8, 4) is 11.3 Å². The Morgan fingerprint density at radius 2 is 2.05 bits per heavy atom. The highest BCUT2D eigenvalue weighted by Crippen LogP contribution is 2.33. The van der Waals surface area contributed by atoms with Crippen LogP contribution in [-0.2, 0) is 0 Å². The van der Waals surface area contributed by atoms with Gasteiger partial charge in [0.15, 0.2) is 0 Å². The van der Waals surface area contributed by atoms with E-state index in [2.05, 4.69) is 20.3 Å². The summed E-state index contributed by atoms with van der Waals surface area (Å²) in [6.07, 6.45) is 4.99. The molecule has 1 fully saturated rings. The van der Waals surface area contributed by atoms with Crippen LogP contribution in [0.1, 0.15) is 19.3 Å². The van der Waals surface area contributed by atoms with Crippen LogP contribution in [0.5, 0.6) is 0 Å². The van der Waals surface area contributed by atoms with Crippen LogP contribution in [0.15, 0.2) is 24.4 Å². The molecule has 0 spiro atoms. The molecule has 7 heteroatoms. The molecule has 1 aliphatic heterocycles. The Labute approximate surface area is 115 Å². The molecule has 1 aromatic carbocycles. The summed E-state index contributed by atoms with van der Waals surface area (Å²) in [6, 6.07) is 5.24. The van der Waals surface area contributed by atoms with Crippen molar-refractivity contribution in [1.82, 2.24) is 15.4 Å². The molecule has 0 saturated carbocycles. The maximum absolute atomic E-state index is 11.3. The van der Waals surface area contributed by atoms with Gasteiger partial charge < -0.3 is 4.90 Å². The Bertz CT molecular complexity index is 605. The van der Waals surface area contributed by atoms with E-state index in [0.717, 1.165) is 25.9 Å². The molecule has 0 aliphatic carbocycles. The molecule has 0 bridgehead atoms. The van der Waals surface area contributed by atoms with Gasteiger partial charge in [0, 0.05) is 30.9 Å². The fourth-order valence-corrected chi connectivity index (χ4v) is 2.57. The molecule has 1 aromatic heterocycles. The summed E-state index contributed by atoms with van der Waals surface area (Å²) >= 11 is 0. The van der Waals surface area contributed by atoms with E-state index in [0.29, 0.717) is 16.9 Å². The van der Waals surface area contributed by atoms with E-state index in [9.17, 15) is 10.1 Å². The van der Waals surface area contributed by atoms with Gasteiger partial charge in [-0.25, -0.2) is 0 Å². The highest BCUT2D eigenvalue weighted by molar-refractivity contribution is 5.72. The van der Waals surface area contributed by atoms with E-state index in [4.69, 9.17) is 0 Å². The fraction of sp³-hybridized carbons (Fsp3) is 0.385. The van der Waals surface area contributed by atoms with Crippen molar-refractivity contribution < 1.29 is 4.92 Å². The number of nitrogens with one attached hydrogen (secondary N) is 1. The number of rotatable bonds is 3. The average molecular weight is 273 g/mol. The van der Waals surface area contributed by atoms with Crippen molar-refractivity contribution in [3.05, 3.63) is 34.5 Å². The monoisotopic (exact) mass is 273 g/mol. The molecule has 0 radical (unpaired) electrons. The molecule has 1 saturated heterocycles. The van der Waals surface area contributed by atoms with Crippen molar-refractivity contribution in [2.75, 3.05) is 18.0 Å². The van der Waals surface area contributed by atoms with Crippen molar-refractivity contribution in [2.24, 2.45) is 0 Å². The van der Waals surface area contributed by atoms with E-state index >= 15 is 0 Å². The summed E-state index contributed by atoms with van der Waals surface area (Å²) < 4.78 is 0. The smallest absolute Gasteiger partial charge is 0.293 e. The number of piperidine rings is 1. The second-order valence-electron chi connectivity index (χ2n) is 4.87. The number of hydrogen-bond acceptors (Lipinski definition) is 5. The molecule has 1 N–H and O–H groups in total. The van der Waals surface area contributed by atoms with Crippen LogP contribution in [0.3, 0.4) is 0 Å². The molecule has 7 nitrogen and oxygen atoms in total. The van der Waals surface area contributed by atoms with Gasteiger partial charge in [0.1, 0.15) is 11.4 Å². The van der Waals surface area contributed by atoms with Gasteiger partial charge in [0.25, 0.3) is 5.69 Å². The van der Waals surface area contributed by atoms with Gasteiger partial charge in [-0.2, -0.15) is 0 Å². The molecule has 0 amide bonds. The van der Waals surface area contributed by atoms with Gasteiger partial charge in [0.2, 0.25) is 0 Å². The minimum absolute atomic E-state index is 0.132. The molecular formula is C13H15N5O2. The van der Waals surface area contributed by atoms with E-state index in [-0.39, 0.29) is 10.6 Å². The second-order valence-corrected chi connectivity index (χ2v) is 4.87. The predicted molar refractivity (Wildman–Crippen MR) is 74.5 cm³/mol. The van der Waals surface area contributed by atoms with Crippen LogP contribution in [0, 0.1) is 10.1 Å². The van der Waals surface area contributed by atoms with Gasteiger partial charge in [-0.3, -0.25) is 15.2 Å². The molecule has 2 aromatic rings. The minimum Gasteiger partial charge on any atom is -0.366 e. The van der Waals surface area contributed by atoms with E-state index < -0.39 is 0 Å². The first kappa shape index (κ1) is 12.6. The zero-order valence-corrected chi connectivity index (χ0v) is 11.0. The zero-order valence-electron chi connectivity index (χ0n) is 11.0. The molecule has 104 valence electrons. The number of benzene rings is 1. The number of anilines is 1. The van der Waals surface area contributed by atoms with E-state index in [1.54, 1.807) is 12.3 Å². The molecule has 0 atom stereocenters. The molecule has 20 heavy (non-hydrogen) atoms.